The van der Waals surface area contributed by atoms with Gasteiger partial charge in [0.05, 0.1) is 0 Å². The van der Waals surface area contributed by atoms with Crippen LogP contribution >= 0.6 is 0 Å². The van der Waals surface area contributed by atoms with Gasteiger partial charge in [-0.2, -0.15) is 0 Å². The van der Waals surface area contributed by atoms with E-state index in [1.807, 2.05) is 0 Å². The molecule has 0 aromatic heterocycles. The fraction of sp³-hybridized carbons (Fsp3) is 0.846. The number of amides is 1. The quantitative estimate of drug-likeness (QED) is 0.717. The minimum Gasteiger partial charge on any atom is -0.480 e. The Balaban J connectivity index is 2.02. The number of nitrogens with one attached hydrogen (secondary N) is 1. The third-order valence-corrected chi connectivity index (χ3v) is 4.02. The standard InChI is InChI=1S/C13H22N2O3/c16-12(10-5-3-1-2-4-6-10)15-8-7-14-9-11(15)13(17)18/h10-11,14H,1-9H2,(H,17,18). The predicted molar refractivity (Wildman–Crippen MR) is 67.2 cm³/mol. The zero-order chi connectivity index (χ0) is 13.0. The smallest absolute Gasteiger partial charge is 0.327 e. The summed E-state index contributed by atoms with van der Waals surface area (Å²) in [6.45, 7) is 1.59. The van der Waals surface area contributed by atoms with Crippen molar-refractivity contribution < 1.29 is 14.7 Å². The van der Waals surface area contributed by atoms with E-state index >= 15 is 0 Å². The number of aliphatic carboxylic acids is 1. The van der Waals surface area contributed by atoms with E-state index in [4.69, 9.17) is 0 Å². The summed E-state index contributed by atoms with van der Waals surface area (Å²) >= 11 is 0. The van der Waals surface area contributed by atoms with Crippen molar-refractivity contribution in [2.24, 2.45) is 5.92 Å². The van der Waals surface area contributed by atoms with Crippen molar-refractivity contribution in [1.29, 1.82) is 0 Å². The second kappa shape index (κ2) is 6.18. The van der Waals surface area contributed by atoms with Crippen molar-refractivity contribution in [2.75, 3.05) is 19.6 Å². The highest BCUT2D eigenvalue weighted by Gasteiger charge is 2.35. The minimum atomic E-state index is -0.899. The highest BCUT2D eigenvalue weighted by Crippen LogP contribution is 2.25. The Labute approximate surface area is 108 Å². The van der Waals surface area contributed by atoms with E-state index in [1.54, 1.807) is 4.90 Å². The highest BCUT2D eigenvalue weighted by atomic mass is 16.4. The molecule has 5 heteroatoms. The van der Waals surface area contributed by atoms with Crippen LogP contribution in [0, 0.1) is 5.92 Å². The van der Waals surface area contributed by atoms with Gasteiger partial charge in [-0.15, -0.1) is 0 Å². The molecule has 0 radical (unpaired) electrons. The van der Waals surface area contributed by atoms with Crippen LogP contribution in [0.3, 0.4) is 0 Å². The Kier molecular flexibility index (Phi) is 4.58. The fourth-order valence-corrected chi connectivity index (χ4v) is 2.95. The molecule has 1 aliphatic carbocycles. The molecule has 5 nitrogen and oxygen atoms in total. The van der Waals surface area contributed by atoms with Gasteiger partial charge in [0, 0.05) is 25.6 Å². The van der Waals surface area contributed by atoms with Crippen molar-refractivity contribution in [3.8, 4) is 0 Å². The summed E-state index contributed by atoms with van der Waals surface area (Å²) in [7, 11) is 0. The van der Waals surface area contributed by atoms with Crippen LogP contribution in [0.1, 0.15) is 38.5 Å². The maximum absolute atomic E-state index is 12.5. The van der Waals surface area contributed by atoms with Gasteiger partial charge in [0.15, 0.2) is 0 Å². The number of hydrogen-bond acceptors (Lipinski definition) is 3. The molecule has 1 atom stereocenters. The Morgan fingerprint density at radius 3 is 2.39 bits per heavy atom. The van der Waals surface area contributed by atoms with E-state index in [-0.39, 0.29) is 11.8 Å². The number of piperazine rings is 1. The topological polar surface area (TPSA) is 69.6 Å². The molecule has 2 rings (SSSR count). The van der Waals surface area contributed by atoms with Crippen molar-refractivity contribution in [1.82, 2.24) is 10.2 Å². The Morgan fingerprint density at radius 1 is 1.11 bits per heavy atom. The molecule has 1 aliphatic heterocycles. The van der Waals surface area contributed by atoms with Crippen LogP contribution in [-0.2, 0) is 9.59 Å². The molecule has 1 saturated carbocycles. The zero-order valence-corrected chi connectivity index (χ0v) is 10.7. The summed E-state index contributed by atoms with van der Waals surface area (Å²) in [6, 6.07) is -0.686. The first-order valence-electron chi connectivity index (χ1n) is 6.94. The molecule has 1 heterocycles. The molecule has 2 fully saturated rings. The van der Waals surface area contributed by atoms with Gasteiger partial charge in [0.1, 0.15) is 6.04 Å². The molecule has 18 heavy (non-hydrogen) atoms. The average molecular weight is 254 g/mol. The Bertz CT molecular complexity index is 311. The summed E-state index contributed by atoms with van der Waals surface area (Å²) in [5.41, 5.74) is 0. The predicted octanol–water partition coefficient (Wildman–Crippen LogP) is 0.842. The second-order valence-corrected chi connectivity index (χ2v) is 5.28. The van der Waals surface area contributed by atoms with Crippen LogP contribution in [0.4, 0.5) is 0 Å². The molecular formula is C13H22N2O3. The summed E-state index contributed by atoms with van der Waals surface area (Å²) < 4.78 is 0. The lowest BCUT2D eigenvalue weighted by atomic mass is 9.97. The van der Waals surface area contributed by atoms with E-state index < -0.39 is 12.0 Å². The second-order valence-electron chi connectivity index (χ2n) is 5.28. The van der Waals surface area contributed by atoms with Crippen LogP contribution in [0.2, 0.25) is 0 Å². The molecule has 0 spiro atoms. The normalized spacial score (nSPS) is 26.7. The van der Waals surface area contributed by atoms with Crippen LogP contribution in [0.25, 0.3) is 0 Å². The van der Waals surface area contributed by atoms with E-state index in [0.717, 1.165) is 25.7 Å². The average Bonchev–Trinajstić information content (AvgIpc) is 2.66. The molecule has 1 unspecified atom stereocenters. The number of carbonyl (C=O) groups excluding carboxylic acids is 1. The van der Waals surface area contributed by atoms with Crippen molar-refractivity contribution in [3.63, 3.8) is 0 Å². The number of carboxylic acids is 1. The maximum Gasteiger partial charge on any atom is 0.327 e. The molecule has 0 bridgehead atoms. The third-order valence-electron chi connectivity index (χ3n) is 4.02. The number of nitrogens with zero attached hydrogens (tertiary/aromatic N) is 1. The van der Waals surface area contributed by atoms with Gasteiger partial charge < -0.3 is 15.3 Å². The highest BCUT2D eigenvalue weighted by molar-refractivity contribution is 5.85. The van der Waals surface area contributed by atoms with Crippen LogP contribution in [0.5, 0.6) is 0 Å². The lowest BCUT2D eigenvalue weighted by Crippen LogP contribution is -2.58. The van der Waals surface area contributed by atoms with E-state index in [9.17, 15) is 14.7 Å². The van der Waals surface area contributed by atoms with Gasteiger partial charge in [0.25, 0.3) is 0 Å². The van der Waals surface area contributed by atoms with E-state index in [0.29, 0.717) is 19.6 Å². The Hall–Kier alpha value is -1.10. The van der Waals surface area contributed by atoms with Gasteiger partial charge in [-0.05, 0) is 12.8 Å². The Morgan fingerprint density at radius 2 is 1.78 bits per heavy atom. The summed E-state index contributed by atoms with van der Waals surface area (Å²) in [5.74, 6) is -0.789. The molecule has 1 saturated heterocycles. The maximum atomic E-state index is 12.5. The summed E-state index contributed by atoms with van der Waals surface area (Å²) in [5, 5.41) is 12.2. The number of hydrogen-bond donors (Lipinski definition) is 2. The van der Waals surface area contributed by atoms with Crippen LogP contribution in [0.15, 0.2) is 0 Å². The number of rotatable bonds is 2. The SMILES string of the molecule is O=C(O)C1CNCCN1C(=O)C1CCCCCC1. The lowest BCUT2D eigenvalue weighted by molar-refractivity contribution is -0.153. The minimum absolute atomic E-state index is 0.0486. The molecule has 0 aromatic carbocycles. The lowest BCUT2D eigenvalue weighted by Gasteiger charge is -2.35. The van der Waals surface area contributed by atoms with Gasteiger partial charge in [-0.3, -0.25) is 4.79 Å². The van der Waals surface area contributed by atoms with Gasteiger partial charge in [-0.1, -0.05) is 25.7 Å². The van der Waals surface area contributed by atoms with Crippen LogP contribution in [-0.4, -0.2) is 47.6 Å². The van der Waals surface area contributed by atoms with E-state index in [2.05, 4.69) is 5.32 Å². The molecule has 0 aromatic rings. The van der Waals surface area contributed by atoms with Crippen molar-refractivity contribution >= 4 is 11.9 Å². The molecular weight excluding hydrogens is 232 g/mol. The molecule has 1 amide bonds. The summed E-state index contributed by atoms with van der Waals surface area (Å²) in [4.78, 5) is 25.2. The monoisotopic (exact) mass is 254 g/mol. The number of carbonyl (C=O) groups is 2. The summed E-state index contributed by atoms with van der Waals surface area (Å²) in [6.07, 6.45) is 6.45. The third kappa shape index (κ3) is 3.02. The largest absolute Gasteiger partial charge is 0.480 e. The van der Waals surface area contributed by atoms with Gasteiger partial charge in [-0.25, -0.2) is 4.79 Å². The van der Waals surface area contributed by atoms with Crippen molar-refractivity contribution in [3.05, 3.63) is 0 Å². The van der Waals surface area contributed by atoms with Gasteiger partial charge in [0.2, 0.25) is 5.91 Å². The van der Waals surface area contributed by atoms with Crippen molar-refractivity contribution in [2.45, 2.75) is 44.6 Å². The van der Waals surface area contributed by atoms with E-state index in [1.165, 1.54) is 12.8 Å². The molecule has 102 valence electrons. The number of carboxylic acid groups (broad SMARTS) is 1. The molecule has 2 aliphatic rings. The molecule has 2 N–H and O–H groups in total. The first-order chi connectivity index (χ1) is 8.70. The van der Waals surface area contributed by atoms with Crippen LogP contribution < -0.4 is 5.32 Å². The van der Waals surface area contributed by atoms with Gasteiger partial charge >= 0.3 is 5.97 Å². The fourth-order valence-electron chi connectivity index (χ4n) is 2.95. The zero-order valence-electron chi connectivity index (χ0n) is 10.7. The first kappa shape index (κ1) is 13.3. The first-order valence-corrected chi connectivity index (χ1v) is 6.94.